The first-order valence-corrected chi connectivity index (χ1v) is 8.46. The van der Waals surface area contributed by atoms with Crippen molar-refractivity contribution in [3.05, 3.63) is 6.07 Å². The van der Waals surface area contributed by atoms with E-state index in [1.54, 1.807) is 11.8 Å². The lowest BCUT2D eigenvalue weighted by Gasteiger charge is -2.10. The van der Waals surface area contributed by atoms with Gasteiger partial charge in [0.05, 0.1) is 0 Å². The van der Waals surface area contributed by atoms with Gasteiger partial charge in [-0.05, 0) is 29.9 Å². The molecule has 1 aromatic heterocycles. The van der Waals surface area contributed by atoms with Crippen molar-refractivity contribution in [2.45, 2.75) is 39.8 Å². The van der Waals surface area contributed by atoms with E-state index < -0.39 is 0 Å². The molecule has 0 unspecified atom stereocenters. The fraction of sp³-hybridized carbons (Fsp3) is 0.733. The molecule has 1 fully saturated rings. The Hall–Kier alpha value is -0.970. The van der Waals surface area contributed by atoms with Crippen LogP contribution in [0.5, 0.6) is 0 Å². The summed E-state index contributed by atoms with van der Waals surface area (Å²) in [6.07, 6.45) is 2.00. The summed E-state index contributed by atoms with van der Waals surface area (Å²) in [6.45, 7) is 13.3. The highest BCUT2D eigenvalue weighted by Crippen LogP contribution is 2.68. The topological polar surface area (TPSA) is 49.8 Å². The zero-order valence-corrected chi connectivity index (χ0v) is 14.2. The highest BCUT2D eigenvalue weighted by molar-refractivity contribution is 7.98. The quantitative estimate of drug-likeness (QED) is 0.618. The first-order valence-electron chi connectivity index (χ1n) is 7.23. The Morgan fingerprint density at radius 2 is 1.65 bits per heavy atom. The van der Waals surface area contributed by atoms with E-state index >= 15 is 0 Å². The molecule has 0 aliphatic heterocycles. The lowest BCUT2D eigenvalue weighted by Crippen LogP contribution is -2.11. The fourth-order valence-electron chi connectivity index (χ4n) is 2.93. The molecular formula is C15H26N4S. The number of anilines is 2. The molecule has 112 valence electrons. The molecule has 0 spiro atoms. The standard InChI is InChI=1S/C15H26N4S/c1-7-16-11-8-12(19-13(18-11)20-6)17-9-10-14(2,3)15(10,4)5/h8,10H,7,9H2,1-6H3,(H2,16,17,18,19). The van der Waals surface area contributed by atoms with Crippen molar-refractivity contribution in [2.24, 2.45) is 16.7 Å². The van der Waals surface area contributed by atoms with Gasteiger partial charge in [-0.2, -0.15) is 0 Å². The maximum absolute atomic E-state index is 4.53. The van der Waals surface area contributed by atoms with Crippen LogP contribution in [-0.4, -0.2) is 29.3 Å². The Balaban J connectivity index is 2.05. The smallest absolute Gasteiger partial charge is 0.191 e. The van der Waals surface area contributed by atoms with Gasteiger partial charge in [-0.1, -0.05) is 39.5 Å². The second-order valence-electron chi connectivity index (χ2n) is 6.53. The van der Waals surface area contributed by atoms with Crippen LogP contribution in [-0.2, 0) is 0 Å². The second kappa shape index (κ2) is 5.43. The van der Waals surface area contributed by atoms with Crippen LogP contribution < -0.4 is 10.6 Å². The summed E-state index contributed by atoms with van der Waals surface area (Å²) in [5.41, 5.74) is 0.805. The summed E-state index contributed by atoms with van der Waals surface area (Å²) in [6, 6.07) is 1.99. The van der Waals surface area contributed by atoms with E-state index in [9.17, 15) is 0 Å². The minimum atomic E-state index is 0.403. The minimum Gasteiger partial charge on any atom is -0.370 e. The molecule has 1 aromatic rings. The molecular weight excluding hydrogens is 268 g/mol. The van der Waals surface area contributed by atoms with E-state index in [4.69, 9.17) is 0 Å². The SMILES string of the molecule is CCNc1cc(NCC2C(C)(C)C2(C)C)nc(SC)n1. The Kier molecular flexibility index (Phi) is 4.19. The summed E-state index contributed by atoms with van der Waals surface area (Å²) in [4.78, 5) is 8.97. The second-order valence-corrected chi connectivity index (χ2v) is 7.31. The normalized spacial score (nSPS) is 19.7. The molecule has 1 saturated carbocycles. The maximum Gasteiger partial charge on any atom is 0.191 e. The van der Waals surface area contributed by atoms with Gasteiger partial charge in [0.2, 0.25) is 0 Å². The van der Waals surface area contributed by atoms with E-state index in [0.29, 0.717) is 16.7 Å². The van der Waals surface area contributed by atoms with Crippen LogP contribution in [0.2, 0.25) is 0 Å². The number of hydrogen-bond donors (Lipinski definition) is 2. The van der Waals surface area contributed by atoms with Crippen molar-refractivity contribution >= 4 is 23.4 Å². The molecule has 0 radical (unpaired) electrons. The minimum absolute atomic E-state index is 0.403. The molecule has 4 nitrogen and oxygen atoms in total. The molecule has 0 amide bonds. The van der Waals surface area contributed by atoms with Crippen molar-refractivity contribution in [2.75, 3.05) is 30.0 Å². The van der Waals surface area contributed by atoms with E-state index in [1.165, 1.54) is 0 Å². The highest BCUT2D eigenvalue weighted by atomic mass is 32.2. The molecule has 2 N–H and O–H groups in total. The summed E-state index contributed by atoms with van der Waals surface area (Å²) >= 11 is 1.57. The van der Waals surface area contributed by atoms with Crippen molar-refractivity contribution < 1.29 is 0 Å². The van der Waals surface area contributed by atoms with Crippen LogP contribution in [0.25, 0.3) is 0 Å². The monoisotopic (exact) mass is 294 g/mol. The molecule has 1 aliphatic carbocycles. The number of nitrogens with one attached hydrogen (secondary N) is 2. The van der Waals surface area contributed by atoms with Crippen LogP contribution >= 0.6 is 11.8 Å². The summed E-state index contributed by atoms with van der Waals surface area (Å²) in [5.74, 6) is 2.49. The summed E-state index contributed by atoms with van der Waals surface area (Å²) in [5, 5.41) is 7.55. The van der Waals surface area contributed by atoms with Crippen LogP contribution in [0.4, 0.5) is 11.6 Å². The molecule has 0 bridgehead atoms. The van der Waals surface area contributed by atoms with Gasteiger partial charge in [-0.15, -0.1) is 0 Å². The third-order valence-corrected chi connectivity index (χ3v) is 5.60. The van der Waals surface area contributed by atoms with Gasteiger partial charge in [-0.3, -0.25) is 0 Å². The van der Waals surface area contributed by atoms with Gasteiger partial charge in [0.15, 0.2) is 5.16 Å². The average Bonchev–Trinajstić information content (AvgIpc) is 2.77. The molecule has 2 rings (SSSR count). The number of hydrogen-bond acceptors (Lipinski definition) is 5. The first-order chi connectivity index (χ1) is 9.32. The first kappa shape index (κ1) is 15.4. The largest absolute Gasteiger partial charge is 0.370 e. The Morgan fingerprint density at radius 1 is 1.10 bits per heavy atom. The van der Waals surface area contributed by atoms with Crippen molar-refractivity contribution in [1.82, 2.24) is 9.97 Å². The van der Waals surface area contributed by atoms with Crippen LogP contribution in [0.3, 0.4) is 0 Å². The van der Waals surface area contributed by atoms with E-state index in [0.717, 1.165) is 29.9 Å². The number of aromatic nitrogens is 2. The lowest BCUT2D eigenvalue weighted by atomic mass is 10.0. The number of rotatable bonds is 6. The molecule has 5 heteroatoms. The van der Waals surface area contributed by atoms with E-state index in [-0.39, 0.29) is 0 Å². The van der Waals surface area contributed by atoms with Gasteiger partial charge in [0.1, 0.15) is 11.6 Å². The lowest BCUT2D eigenvalue weighted by molar-refractivity contribution is 0.457. The highest BCUT2D eigenvalue weighted by Gasteiger charge is 2.64. The van der Waals surface area contributed by atoms with E-state index in [2.05, 4.69) is 55.2 Å². The Bertz CT molecular complexity index is 471. The Morgan fingerprint density at radius 3 is 2.10 bits per heavy atom. The number of nitrogens with zero attached hydrogens (tertiary/aromatic N) is 2. The molecule has 20 heavy (non-hydrogen) atoms. The van der Waals surface area contributed by atoms with Crippen LogP contribution in [0, 0.1) is 16.7 Å². The van der Waals surface area contributed by atoms with Gasteiger partial charge in [0, 0.05) is 19.2 Å². The predicted octanol–water partition coefficient (Wildman–Crippen LogP) is 3.72. The molecule has 1 aliphatic rings. The van der Waals surface area contributed by atoms with Crippen molar-refractivity contribution in [1.29, 1.82) is 0 Å². The Labute approximate surface area is 126 Å². The molecule has 1 heterocycles. The van der Waals surface area contributed by atoms with Crippen molar-refractivity contribution in [3.63, 3.8) is 0 Å². The zero-order valence-electron chi connectivity index (χ0n) is 13.4. The zero-order chi connectivity index (χ0) is 15.0. The maximum atomic E-state index is 4.53. The summed E-state index contributed by atoms with van der Waals surface area (Å²) in [7, 11) is 0. The van der Waals surface area contributed by atoms with Crippen molar-refractivity contribution in [3.8, 4) is 0 Å². The van der Waals surface area contributed by atoms with Gasteiger partial charge >= 0.3 is 0 Å². The van der Waals surface area contributed by atoms with Gasteiger partial charge < -0.3 is 10.6 Å². The predicted molar refractivity (Wildman–Crippen MR) is 87.5 cm³/mol. The van der Waals surface area contributed by atoms with E-state index in [1.807, 2.05) is 12.3 Å². The fourth-order valence-corrected chi connectivity index (χ4v) is 3.31. The molecule has 0 saturated heterocycles. The molecule has 0 atom stereocenters. The summed E-state index contributed by atoms with van der Waals surface area (Å²) < 4.78 is 0. The van der Waals surface area contributed by atoms with Gasteiger partial charge in [-0.25, -0.2) is 9.97 Å². The third kappa shape index (κ3) is 2.73. The molecule has 0 aromatic carbocycles. The van der Waals surface area contributed by atoms with Crippen LogP contribution in [0.1, 0.15) is 34.6 Å². The number of thioether (sulfide) groups is 1. The third-order valence-electron chi connectivity index (χ3n) is 5.05. The van der Waals surface area contributed by atoms with Gasteiger partial charge in [0.25, 0.3) is 0 Å². The average molecular weight is 294 g/mol. The van der Waals surface area contributed by atoms with Crippen LogP contribution in [0.15, 0.2) is 11.2 Å².